The molecule has 0 fully saturated rings. The molecule has 0 aromatic carbocycles. The average Bonchev–Trinajstić information content (AvgIpc) is 2.43. The number of rotatable bonds is 4. The summed E-state index contributed by atoms with van der Waals surface area (Å²) in [5, 5.41) is 12.5. The average molecular weight is 182 g/mol. The van der Waals surface area contributed by atoms with E-state index in [1.807, 2.05) is 0 Å². The van der Waals surface area contributed by atoms with Crippen LogP contribution in [0.15, 0.2) is 18.9 Å². The van der Waals surface area contributed by atoms with Crippen molar-refractivity contribution in [3.05, 3.63) is 24.4 Å². The molecule has 0 aliphatic rings. The number of aryl methyl sites for hydroxylation is 1. The van der Waals surface area contributed by atoms with E-state index in [2.05, 4.69) is 11.7 Å². The number of ether oxygens (including phenoxy) is 1. The van der Waals surface area contributed by atoms with Gasteiger partial charge in [-0.3, -0.25) is 0 Å². The molecule has 1 rings (SSSR count). The highest BCUT2D eigenvalue weighted by molar-refractivity contribution is 5.89. The predicted octanol–water partition coefficient (Wildman–Crippen LogP) is 0.683. The Labute approximate surface area is 75.2 Å². The molecular formula is C8H10N2O3. The maximum Gasteiger partial charge on any atom is 0.342 e. The number of hydrogen-bond donors (Lipinski definition) is 1. The lowest BCUT2D eigenvalue weighted by Crippen LogP contribution is -2.04. The van der Waals surface area contributed by atoms with Crippen LogP contribution in [0.4, 0.5) is 0 Å². The summed E-state index contributed by atoms with van der Waals surface area (Å²) in [7, 11) is 1.62. The topological polar surface area (TPSA) is 64.3 Å². The minimum absolute atomic E-state index is 0.0596. The molecule has 0 aliphatic heterocycles. The van der Waals surface area contributed by atoms with Gasteiger partial charge >= 0.3 is 5.97 Å². The highest BCUT2D eigenvalue weighted by Crippen LogP contribution is 2.16. The minimum Gasteiger partial charge on any atom is -0.477 e. The molecule has 0 saturated carbocycles. The van der Waals surface area contributed by atoms with E-state index in [1.165, 1.54) is 10.9 Å². The van der Waals surface area contributed by atoms with Crippen molar-refractivity contribution >= 4 is 5.97 Å². The molecule has 0 saturated heterocycles. The SMILES string of the molecule is C=CCOc1c(C(=O)O)cnn1C. The maximum absolute atomic E-state index is 10.6. The van der Waals surface area contributed by atoms with E-state index in [0.29, 0.717) is 0 Å². The molecule has 1 aromatic rings. The van der Waals surface area contributed by atoms with Crippen LogP contribution in [0.5, 0.6) is 5.88 Å². The molecule has 0 spiro atoms. The standard InChI is InChI=1S/C8H10N2O3/c1-3-4-13-7-6(8(11)12)5-9-10(7)2/h3,5H,1,4H2,2H3,(H,11,12). The second-order valence-electron chi connectivity index (χ2n) is 2.39. The molecule has 0 unspecified atom stereocenters. The quantitative estimate of drug-likeness (QED) is 0.695. The van der Waals surface area contributed by atoms with Gasteiger partial charge in [0, 0.05) is 7.05 Å². The van der Waals surface area contributed by atoms with E-state index in [1.54, 1.807) is 13.1 Å². The van der Waals surface area contributed by atoms with Crippen molar-refractivity contribution in [1.29, 1.82) is 0 Å². The van der Waals surface area contributed by atoms with Crippen molar-refractivity contribution < 1.29 is 14.6 Å². The molecule has 1 aromatic heterocycles. The summed E-state index contributed by atoms with van der Waals surface area (Å²) in [6, 6.07) is 0. The Hall–Kier alpha value is -1.78. The summed E-state index contributed by atoms with van der Waals surface area (Å²) in [6.45, 7) is 3.73. The maximum atomic E-state index is 10.6. The second kappa shape index (κ2) is 3.75. The number of aromatic nitrogens is 2. The third-order valence-electron chi connectivity index (χ3n) is 1.45. The van der Waals surface area contributed by atoms with Gasteiger partial charge in [0.15, 0.2) is 0 Å². The lowest BCUT2D eigenvalue weighted by molar-refractivity contribution is 0.0692. The fourth-order valence-electron chi connectivity index (χ4n) is 0.882. The lowest BCUT2D eigenvalue weighted by atomic mass is 10.3. The van der Waals surface area contributed by atoms with Crippen LogP contribution >= 0.6 is 0 Å². The van der Waals surface area contributed by atoms with Crippen molar-refractivity contribution in [1.82, 2.24) is 9.78 Å². The zero-order chi connectivity index (χ0) is 9.84. The smallest absolute Gasteiger partial charge is 0.342 e. The van der Waals surface area contributed by atoms with E-state index in [-0.39, 0.29) is 18.1 Å². The number of carboxylic acid groups (broad SMARTS) is 1. The Bertz CT molecular complexity index is 330. The van der Waals surface area contributed by atoms with Gasteiger partial charge in [-0.1, -0.05) is 12.7 Å². The van der Waals surface area contributed by atoms with Crippen LogP contribution in [-0.2, 0) is 7.05 Å². The van der Waals surface area contributed by atoms with Crippen LogP contribution < -0.4 is 4.74 Å². The van der Waals surface area contributed by atoms with Crippen LogP contribution in [0.3, 0.4) is 0 Å². The Kier molecular flexibility index (Phi) is 2.69. The van der Waals surface area contributed by atoms with E-state index in [4.69, 9.17) is 9.84 Å². The molecule has 5 nitrogen and oxygen atoms in total. The van der Waals surface area contributed by atoms with Gasteiger partial charge in [0.25, 0.3) is 0 Å². The summed E-state index contributed by atoms with van der Waals surface area (Å²) >= 11 is 0. The fourth-order valence-corrected chi connectivity index (χ4v) is 0.882. The molecule has 1 heterocycles. The van der Waals surface area contributed by atoms with Crippen molar-refractivity contribution in [3.63, 3.8) is 0 Å². The van der Waals surface area contributed by atoms with E-state index >= 15 is 0 Å². The summed E-state index contributed by atoms with van der Waals surface area (Å²) in [6.07, 6.45) is 2.79. The van der Waals surface area contributed by atoms with Crippen molar-refractivity contribution in [2.45, 2.75) is 0 Å². The molecule has 1 N–H and O–H groups in total. The van der Waals surface area contributed by atoms with Crippen molar-refractivity contribution in [2.75, 3.05) is 6.61 Å². The Morgan fingerprint density at radius 3 is 3.15 bits per heavy atom. The van der Waals surface area contributed by atoms with Gasteiger partial charge in [0.05, 0.1) is 6.20 Å². The Morgan fingerprint density at radius 2 is 2.62 bits per heavy atom. The summed E-state index contributed by atoms with van der Waals surface area (Å²) in [4.78, 5) is 10.6. The van der Waals surface area contributed by atoms with Crippen molar-refractivity contribution in [3.8, 4) is 5.88 Å². The third-order valence-corrected chi connectivity index (χ3v) is 1.45. The first-order valence-corrected chi connectivity index (χ1v) is 3.65. The number of carbonyl (C=O) groups is 1. The van der Waals surface area contributed by atoms with E-state index < -0.39 is 5.97 Å². The summed E-state index contributed by atoms with van der Waals surface area (Å²) in [5.74, 6) is -0.806. The molecule has 5 heteroatoms. The van der Waals surface area contributed by atoms with E-state index in [9.17, 15) is 4.79 Å². The van der Waals surface area contributed by atoms with E-state index in [0.717, 1.165) is 0 Å². The van der Waals surface area contributed by atoms with Gasteiger partial charge in [0.2, 0.25) is 5.88 Å². The zero-order valence-electron chi connectivity index (χ0n) is 7.23. The van der Waals surface area contributed by atoms with Crippen LogP contribution in [0.1, 0.15) is 10.4 Å². The second-order valence-corrected chi connectivity index (χ2v) is 2.39. The molecule has 0 radical (unpaired) electrons. The number of carboxylic acids is 1. The number of hydrogen-bond acceptors (Lipinski definition) is 3. The number of nitrogens with zero attached hydrogens (tertiary/aromatic N) is 2. The predicted molar refractivity (Wildman–Crippen MR) is 45.9 cm³/mol. The molecule has 0 aliphatic carbocycles. The Balaban J connectivity index is 2.94. The number of aromatic carboxylic acids is 1. The zero-order valence-corrected chi connectivity index (χ0v) is 7.23. The Morgan fingerprint density at radius 1 is 1.92 bits per heavy atom. The summed E-state index contributed by atoms with van der Waals surface area (Å²) < 4.78 is 6.49. The van der Waals surface area contributed by atoms with Crippen molar-refractivity contribution in [2.24, 2.45) is 7.05 Å². The van der Waals surface area contributed by atoms with Gasteiger partial charge in [-0.2, -0.15) is 5.10 Å². The third kappa shape index (κ3) is 1.87. The lowest BCUT2D eigenvalue weighted by Gasteiger charge is -2.03. The molecule has 0 atom stereocenters. The van der Waals surface area contributed by atoms with Gasteiger partial charge in [-0.05, 0) is 0 Å². The highest BCUT2D eigenvalue weighted by atomic mass is 16.5. The largest absolute Gasteiger partial charge is 0.477 e. The first-order valence-electron chi connectivity index (χ1n) is 3.65. The van der Waals surface area contributed by atoms with Crippen LogP contribution in [0, 0.1) is 0 Å². The fraction of sp³-hybridized carbons (Fsp3) is 0.250. The normalized spacial score (nSPS) is 9.62. The molecule has 0 bridgehead atoms. The van der Waals surface area contributed by atoms with Gasteiger partial charge in [-0.25, -0.2) is 9.48 Å². The summed E-state index contributed by atoms with van der Waals surface area (Å²) in [5.41, 5.74) is 0.0596. The molecule has 0 amide bonds. The van der Waals surface area contributed by atoms with Crippen LogP contribution in [-0.4, -0.2) is 27.5 Å². The molecule has 13 heavy (non-hydrogen) atoms. The van der Waals surface area contributed by atoms with Gasteiger partial charge in [0.1, 0.15) is 12.2 Å². The molecule has 70 valence electrons. The minimum atomic E-state index is -1.05. The first-order chi connectivity index (χ1) is 6.16. The van der Waals surface area contributed by atoms with Gasteiger partial charge in [-0.15, -0.1) is 0 Å². The van der Waals surface area contributed by atoms with Gasteiger partial charge < -0.3 is 9.84 Å². The first kappa shape index (κ1) is 9.31. The molecular weight excluding hydrogens is 172 g/mol. The highest BCUT2D eigenvalue weighted by Gasteiger charge is 2.15. The van der Waals surface area contributed by atoms with Crippen LogP contribution in [0.25, 0.3) is 0 Å². The monoisotopic (exact) mass is 182 g/mol. The van der Waals surface area contributed by atoms with Crippen LogP contribution in [0.2, 0.25) is 0 Å².